The molecule has 0 spiro atoms. The summed E-state index contributed by atoms with van der Waals surface area (Å²) >= 11 is 0. The van der Waals surface area contributed by atoms with E-state index in [0.29, 0.717) is 30.0 Å². The molecule has 0 saturated carbocycles. The standard InChI is InChI=1S/C34H37N3O4S/c1-3-20-35-34(39)30(23-26-12-5-4-6-13-26)36(24-27-14-7-11-25(2)22-27)32(38)19-10-21-37-29-17-8-15-28-16-9-18-31(33(28)29)42(37,40)41/h4-9,11-18,22,30H,3,10,19-21,23-24H2,1-2H3,(H,35,39). The Morgan fingerprint density at radius 3 is 2.36 bits per heavy atom. The molecule has 1 heterocycles. The summed E-state index contributed by atoms with van der Waals surface area (Å²) in [6.45, 7) is 4.97. The van der Waals surface area contributed by atoms with Crippen molar-refractivity contribution in [3.8, 4) is 0 Å². The van der Waals surface area contributed by atoms with Crippen molar-refractivity contribution < 1.29 is 18.0 Å². The molecule has 0 saturated heterocycles. The van der Waals surface area contributed by atoms with Gasteiger partial charge in [0.1, 0.15) is 6.04 Å². The molecule has 1 N–H and O–H groups in total. The van der Waals surface area contributed by atoms with E-state index in [4.69, 9.17) is 0 Å². The van der Waals surface area contributed by atoms with Crippen LogP contribution < -0.4 is 9.62 Å². The predicted octanol–water partition coefficient (Wildman–Crippen LogP) is 5.60. The summed E-state index contributed by atoms with van der Waals surface area (Å²) in [4.78, 5) is 29.5. The number of amides is 2. The first-order chi connectivity index (χ1) is 20.3. The third-order valence-corrected chi connectivity index (χ3v) is 9.54. The number of rotatable bonds is 12. The monoisotopic (exact) mass is 583 g/mol. The summed E-state index contributed by atoms with van der Waals surface area (Å²) in [5.41, 5.74) is 3.62. The van der Waals surface area contributed by atoms with Crippen LogP contribution >= 0.6 is 0 Å². The molecule has 42 heavy (non-hydrogen) atoms. The normalized spacial score (nSPS) is 14.1. The lowest BCUT2D eigenvalue weighted by Gasteiger charge is -2.32. The lowest BCUT2D eigenvalue weighted by molar-refractivity contribution is -0.141. The van der Waals surface area contributed by atoms with Crippen LogP contribution in [0.4, 0.5) is 5.69 Å². The van der Waals surface area contributed by atoms with Gasteiger partial charge in [-0.1, -0.05) is 91.3 Å². The van der Waals surface area contributed by atoms with Gasteiger partial charge in [-0.2, -0.15) is 0 Å². The molecule has 5 rings (SSSR count). The average Bonchev–Trinajstić information content (AvgIpc) is 3.21. The number of carbonyl (C=O) groups excluding carboxylic acids is 2. The molecule has 4 aromatic rings. The zero-order valence-electron chi connectivity index (χ0n) is 24.1. The van der Waals surface area contributed by atoms with Gasteiger partial charge in [0.15, 0.2) is 0 Å². The highest BCUT2D eigenvalue weighted by atomic mass is 32.2. The zero-order valence-corrected chi connectivity index (χ0v) is 24.9. The van der Waals surface area contributed by atoms with E-state index in [0.717, 1.165) is 33.9 Å². The number of hydrogen-bond donors (Lipinski definition) is 1. The van der Waals surface area contributed by atoms with E-state index in [-0.39, 0.29) is 31.3 Å². The second-order valence-corrected chi connectivity index (χ2v) is 12.7. The Hall–Kier alpha value is -4.17. The van der Waals surface area contributed by atoms with Crippen molar-refractivity contribution in [1.82, 2.24) is 10.2 Å². The molecule has 2 amide bonds. The first-order valence-corrected chi connectivity index (χ1v) is 15.9. The summed E-state index contributed by atoms with van der Waals surface area (Å²) in [6, 6.07) is 27.8. The third-order valence-electron chi connectivity index (χ3n) is 7.69. The maximum absolute atomic E-state index is 14.0. The van der Waals surface area contributed by atoms with Crippen LogP contribution in [0.3, 0.4) is 0 Å². The largest absolute Gasteiger partial charge is 0.354 e. The number of aryl methyl sites for hydroxylation is 1. The van der Waals surface area contributed by atoms with Crippen LogP contribution in [0, 0.1) is 6.92 Å². The molecule has 1 aliphatic rings. The minimum absolute atomic E-state index is 0.108. The number of carbonyl (C=O) groups is 2. The van der Waals surface area contributed by atoms with Gasteiger partial charge in [-0.05, 0) is 48.4 Å². The minimum atomic E-state index is -3.71. The molecule has 0 radical (unpaired) electrons. The highest BCUT2D eigenvalue weighted by molar-refractivity contribution is 7.93. The Kier molecular flexibility index (Phi) is 8.92. The predicted molar refractivity (Wildman–Crippen MR) is 167 cm³/mol. The van der Waals surface area contributed by atoms with E-state index in [9.17, 15) is 18.0 Å². The topological polar surface area (TPSA) is 86.8 Å². The van der Waals surface area contributed by atoms with Gasteiger partial charge in [0.25, 0.3) is 10.0 Å². The third kappa shape index (κ3) is 6.19. The Balaban J connectivity index is 1.39. The van der Waals surface area contributed by atoms with E-state index in [1.54, 1.807) is 17.0 Å². The van der Waals surface area contributed by atoms with Crippen molar-refractivity contribution in [2.75, 3.05) is 17.4 Å². The van der Waals surface area contributed by atoms with Gasteiger partial charge in [0, 0.05) is 37.9 Å². The summed E-state index contributed by atoms with van der Waals surface area (Å²) in [5, 5.41) is 4.60. The van der Waals surface area contributed by atoms with Gasteiger partial charge in [0.2, 0.25) is 11.8 Å². The molecule has 0 aromatic heterocycles. The SMILES string of the molecule is CCCNC(=O)C(Cc1ccccc1)N(Cc1cccc(C)c1)C(=O)CCCN1c2cccc3cccc(c23)S1(=O)=O. The van der Waals surface area contributed by atoms with Gasteiger partial charge < -0.3 is 10.2 Å². The van der Waals surface area contributed by atoms with Gasteiger partial charge in [0.05, 0.1) is 10.6 Å². The van der Waals surface area contributed by atoms with Crippen molar-refractivity contribution in [3.63, 3.8) is 0 Å². The summed E-state index contributed by atoms with van der Waals surface area (Å²) in [5.74, 6) is -0.373. The van der Waals surface area contributed by atoms with E-state index < -0.39 is 16.1 Å². The smallest absolute Gasteiger partial charge is 0.265 e. The van der Waals surface area contributed by atoms with Crippen LogP contribution in [-0.2, 0) is 32.6 Å². The summed E-state index contributed by atoms with van der Waals surface area (Å²) in [6.07, 6.45) is 1.60. The first kappa shape index (κ1) is 29.3. The molecule has 7 nitrogen and oxygen atoms in total. The number of sulfonamides is 1. The zero-order chi connectivity index (χ0) is 29.7. The fourth-order valence-corrected chi connectivity index (χ4v) is 7.39. The van der Waals surface area contributed by atoms with Crippen molar-refractivity contribution >= 4 is 38.3 Å². The van der Waals surface area contributed by atoms with Gasteiger partial charge >= 0.3 is 0 Å². The van der Waals surface area contributed by atoms with Crippen molar-refractivity contribution in [2.24, 2.45) is 0 Å². The number of anilines is 1. The summed E-state index contributed by atoms with van der Waals surface area (Å²) in [7, 11) is -3.71. The molecule has 1 unspecified atom stereocenters. The van der Waals surface area contributed by atoms with Crippen molar-refractivity contribution in [2.45, 2.75) is 57.0 Å². The fourth-order valence-electron chi connectivity index (χ4n) is 5.64. The quantitative estimate of drug-likeness (QED) is 0.235. The second kappa shape index (κ2) is 12.8. The molecule has 8 heteroatoms. The van der Waals surface area contributed by atoms with Crippen LogP contribution in [0.5, 0.6) is 0 Å². The van der Waals surface area contributed by atoms with Crippen LogP contribution in [0.2, 0.25) is 0 Å². The molecular formula is C34H37N3O4S. The maximum Gasteiger partial charge on any atom is 0.265 e. The summed E-state index contributed by atoms with van der Waals surface area (Å²) < 4.78 is 28.3. The van der Waals surface area contributed by atoms with E-state index >= 15 is 0 Å². The molecule has 1 atom stereocenters. The van der Waals surface area contributed by atoms with Crippen molar-refractivity contribution in [1.29, 1.82) is 0 Å². The van der Waals surface area contributed by atoms with Gasteiger partial charge in [-0.15, -0.1) is 0 Å². The molecule has 0 bridgehead atoms. The number of nitrogens with one attached hydrogen (secondary N) is 1. The molecule has 1 aliphatic heterocycles. The van der Waals surface area contributed by atoms with Gasteiger partial charge in [-0.3, -0.25) is 13.9 Å². The Morgan fingerprint density at radius 1 is 0.905 bits per heavy atom. The Morgan fingerprint density at radius 2 is 1.62 bits per heavy atom. The maximum atomic E-state index is 14.0. The van der Waals surface area contributed by atoms with Crippen LogP contribution in [-0.4, -0.2) is 44.3 Å². The van der Waals surface area contributed by atoms with Crippen LogP contribution in [0.15, 0.2) is 95.9 Å². The molecule has 0 aliphatic carbocycles. The highest BCUT2D eigenvalue weighted by Crippen LogP contribution is 2.42. The van der Waals surface area contributed by atoms with Crippen LogP contribution in [0.25, 0.3) is 10.8 Å². The number of benzene rings is 4. The van der Waals surface area contributed by atoms with E-state index in [2.05, 4.69) is 5.32 Å². The Bertz CT molecular complexity index is 1680. The molecule has 4 aromatic carbocycles. The highest BCUT2D eigenvalue weighted by Gasteiger charge is 2.36. The fraction of sp³-hybridized carbons (Fsp3) is 0.294. The van der Waals surface area contributed by atoms with Crippen LogP contribution in [0.1, 0.15) is 42.9 Å². The van der Waals surface area contributed by atoms with E-state index in [1.807, 2.05) is 92.7 Å². The second-order valence-electron chi connectivity index (χ2n) is 10.8. The van der Waals surface area contributed by atoms with E-state index in [1.165, 1.54) is 4.31 Å². The average molecular weight is 584 g/mol. The van der Waals surface area contributed by atoms with Gasteiger partial charge in [-0.25, -0.2) is 8.42 Å². The number of hydrogen-bond acceptors (Lipinski definition) is 4. The lowest BCUT2D eigenvalue weighted by atomic mass is 10.0. The Labute approximate surface area is 248 Å². The minimum Gasteiger partial charge on any atom is -0.354 e. The molecule has 218 valence electrons. The lowest BCUT2D eigenvalue weighted by Crippen LogP contribution is -2.50. The molecular weight excluding hydrogens is 546 g/mol. The molecule has 0 fully saturated rings. The number of nitrogens with zero attached hydrogens (tertiary/aromatic N) is 2. The first-order valence-electron chi connectivity index (χ1n) is 14.5. The van der Waals surface area contributed by atoms with Crippen molar-refractivity contribution in [3.05, 3.63) is 108 Å².